The first-order valence-corrected chi connectivity index (χ1v) is 9.65. The number of hydrogen-bond donors (Lipinski definition) is 3. The Morgan fingerprint density at radius 2 is 1.92 bits per heavy atom. The highest BCUT2D eigenvalue weighted by Gasteiger charge is 2.08. The van der Waals surface area contributed by atoms with Crippen LogP contribution >= 0.6 is 12.2 Å². The van der Waals surface area contributed by atoms with Gasteiger partial charge < -0.3 is 10.6 Å². The van der Waals surface area contributed by atoms with Gasteiger partial charge in [-0.1, -0.05) is 36.4 Å². The summed E-state index contributed by atoms with van der Waals surface area (Å²) in [5.41, 5.74) is 1.58. The normalized spacial score (nSPS) is 11.3. The predicted octanol–water partition coefficient (Wildman–Crippen LogP) is 2.83. The molecule has 0 unspecified atom stereocenters. The van der Waals surface area contributed by atoms with Crippen LogP contribution in [0, 0.1) is 5.82 Å². The summed E-state index contributed by atoms with van der Waals surface area (Å²) >= 11 is 5.14. The van der Waals surface area contributed by atoms with E-state index in [2.05, 4.69) is 15.4 Å². The molecule has 0 aliphatic rings. The first-order chi connectivity index (χ1) is 11.8. The third-order valence-corrected chi connectivity index (χ3v) is 3.92. The number of thiocarbonyl (C=S) groups is 1. The van der Waals surface area contributed by atoms with Crippen LogP contribution in [-0.4, -0.2) is 19.8 Å². The van der Waals surface area contributed by atoms with Crippen LogP contribution in [-0.2, 0) is 16.6 Å². The molecule has 0 bridgehead atoms. The number of benzene rings is 2. The molecule has 0 saturated carbocycles. The fraction of sp³-hybridized carbons (Fsp3) is 0.118. The lowest BCUT2D eigenvalue weighted by Gasteiger charge is -2.10. The summed E-state index contributed by atoms with van der Waals surface area (Å²) in [5.74, 6) is -0.646. The second-order valence-electron chi connectivity index (χ2n) is 5.26. The van der Waals surface area contributed by atoms with Crippen LogP contribution in [0.4, 0.5) is 10.1 Å². The van der Waals surface area contributed by atoms with Gasteiger partial charge >= 0.3 is 0 Å². The lowest BCUT2D eigenvalue weighted by Crippen LogP contribution is -2.31. The molecule has 0 radical (unpaired) electrons. The van der Waals surface area contributed by atoms with Crippen molar-refractivity contribution in [3.05, 3.63) is 71.7 Å². The van der Waals surface area contributed by atoms with Crippen LogP contribution in [0.2, 0.25) is 0 Å². The van der Waals surface area contributed by atoms with Crippen LogP contribution in [0.15, 0.2) is 54.7 Å². The van der Waals surface area contributed by atoms with Gasteiger partial charge in [0.1, 0.15) is 5.82 Å². The molecule has 0 spiro atoms. The molecule has 8 heteroatoms. The highest BCUT2D eigenvalue weighted by molar-refractivity contribution is 7.92. The van der Waals surface area contributed by atoms with Gasteiger partial charge in [-0.25, -0.2) is 12.8 Å². The van der Waals surface area contributed by atoms with Crippen molar-refractivity contribution in [2.24, 2.45) is 0 Å². The van der Waals surface area contributed by atoms with Crippen molar-refractivity contribution < 1.29 is 12.8 Å². The molecule has 0 fully saturated rings. The van der Waals surface area contributed by atoms with Gasteiger partial charge in [-0.2, -0.15) is 0 Å². The van der Waals surface area contributed by atoms with Crippen LogP contribution in [0.5, 0.6) is 0 Å². The Kier molecular flexibility index (Phi) is 6.49. The van der Waals surface area contributed by atoms with E-state index in [1.165, 1.54) is 12.1 Å². The van der Waals surface area contributed by atoms with E-state index in [9.17, 15) is 12.8 Å². The van der Waals surface area contributed by atoms with Gasteiger partial charge in [-0.3, -0.25) is 4.72 Å². The van der Waals surface area contributed by atoms with E-state index < -0.39 is 15.8 Å². The molecule has 3 N–H and O–H groups in total. The minimum atomic E-state index is -3.52. The number of sulfonamides is 1. The number of halogens is 1. The van der Waals surface area contributed by atoms with Gasteiger partial charge in [-0.15, -0.1) is 0 Å². The average Bonchev–Trinajstić information content (AvgIpc) is 2.55. The van der Waals surface area contributed by atoms with E-state index in [0.29, 0.717) is 17.2 Å². The maximum Gasteiger partial charge on any atom is 0.229 e. The van der Waals surface area contributed by atoms with E-state index >= 15 is 0 Å². The summed E-state index contributed by atoms with van der Waals surface area (Å²) in [6.07, 6.45) is 4.55. The van der Waals surface area contributed by atoms with Gasteiger partial charge in [0.2, 0.25) is 10.0 Å². The van der Waals surface area contributed by atoms with Crippen LogP contribution in [0.1, 0.15) is 11.1 Å². The topological polar surface area (TPSA) is 70.2 Å². The van der Waals surface area contributed by atoms with Crippen molar-refractivity contribution in [1.82, 2.24) is 10.6 Å². The molecule has 2 rings (SSSR count). The Balaban J connectivity index is 1.85. The molecule has 0 heterocycles. The Hall–Kier alpha value is -2.45. The Labute approximate surface area is 152 Å². The fourth-order valence-corrected chi connectivity index (χ4v) is 2.67. The largest absolute Gasteiger partial charge is 0.358 e. The summed E-state index contributed by atoms with van der Waals surface area (Å²) in [6.45, 7) is 0.307. The molecule has 25 heavy (non-hydrogen) atoms. The van der Waals surface area contributed by atoms with Crippen LogP contribution in [0.25, 0.3) is 6.08 Å². The summed E-state index contributed by atoms with van der Waals surface area (Å²) < 4.78 is 38.3. The Morgan fingerprint density at radius 3 is 2.56 bits per heavy atom. The van der Waals surface area contributed by atoms with Crippen LogP contribution in [0.3, 0.4) is 0 Å². The second kappa shape index (κ2) is 8.59. The maximum absolute atomic E-state index is 13.9. The molecular formula is C17H18FN3O2S2. The summed E-state index contributed by atoms with van der Waals surface area (Å²) in [6, 6.07) is 14.0. The van der Waals surface area contributed by atoms with E-state index in [1.807, 2.05) is 36.4 Å². The summed E-state index contributed by atoms with van der Waals surface area (Å²) in [4.78, 5) is 0. The molecule has 0 aliphatic heterocycles. The van der Waals surface area contributed by atoms with Crippen molar-refractivity contribution in [3.63, 3.8) is 0 Å². The minimum absolute atomic E-state index is 0.0854. The second-order valence-corrected chi connectivity index (χ2v) is 7.42. The zero-order valence-electron chi connectivity index (χ0n) is 13.5. The monoisotopic (exact) mass is 379 g/mol. The zero-order chi connectivity index (χ0) is 18.3. The third kappa shape index (κ3) is 6.90. The Bertz CT molecular complexity index is 869. The van der Waals surface area contributed by atoms with Gasteiger partial charge in [0, 0.05) is 12.7 Å². The molecule has 132 valence electrons. The first-order valence-electron chi connectivity index (χ1n) is 7.36. The van der Waals surface area contributed by atoms with E-state index in [-0.39, 0.29) is 5.69 Å². The molecule has 5 nitrogen and oxygen atoms in total. The third-order valence-electron chi connectivity index (χ3n) is 3.07. The lowest BCUT2D eigenvalue weighted by molar-refractivity contribution is 0.603. The number of hydrogen-bond acceptors (Lipinski definition) is 3. The molecule has 0 saturated heterocycles. The van der Waals surface area contributed by atoms with Crippen molar-refractivity contribution >= 4 is 39.1 Å². The highest BCUT2D eigenvalue weighted by Crippen LogP contribution is 2.16. The van der Waals surface area contributed by atoms with Crippen molar-refractivity contribution in [2.45, 2.75) is 6.54 Å². The zero-order valence-corrected chi connectivity index (χ0v) is 15.1. The summed E-state index contributed by atoms with van der Waals surface area (Å²) in [5, 5.41) is 6.25. The predicted molar refractivity (Wildman–Crippen MR) is 103 cm³/mol. The van der Waals surface area contributed by atoms with E-state index in [0.717, 1.165) is 11.8 Å². The lowest BCUT2D eigenvalue weighted by atomic mass is 10.2. The quantitative estimate of drug-likeness (QED) is 0.674. The molecule has 0 aliphatic carbocycles. The van der Waals surface area contributed by atoms with Gasteiger partial charge in [0.05, 0.1) is 11.9 Å². The smallest absolute Gasteiger partial charge is 0.229 e. The number of rotatable bonds is 6. The van der Waals surface area contributed by atoms with Gasteiger partial charge in [0.25, 0.3) is 0 Å². The van der Waals surface area contributed by atoms with E-state index in [1.54, 1.807) is 12.3 Å². The molecule has 2 aromatic carbocycles. The molecule has 0 atom stereocenters. The number of anilines is 1. The van der Waals surface area contributed by atoms with Crippen molar-refractivity contribution in [1.29, 1.82) is 0 Å². The van der Waals surface area contributed by atoms with Crippen molar-refractivity contribution in [2.75, 3.05) is 11.0 Å². The maximum atomic E-state index is 13.9. The number of nitrogens with one attached hydrogen (secondary N) is 3. The SMILES string of the molecule is CS(=O)(=O)Nc1ccc(CNC(=S)NC=Cc2ccccc2)cc1F. The van der Waals surface area contributed by atoms with Crippen LogP contribution < -0.4 is 15.4 Å². The standard InChI is InChI=1S/C17H18FN3O2S2/c1-25(22,23)21-16-8-7-14(11-15(16)18)12-20-17(24)19-10-9-13-5-3-2-4-6-13/h2-11,21H,12H2,1H3,(H2,19,20,24). The fourth-order valence-electron chi connectivity index (χ4n) is 1.96. The van der Waals surface area contributed by atoms with Crippen molar-refractivity contribution in [3.8, 4) is 0 Å². The van der Waals surface area contributed by atoms with Gasteiger partial charge in [0.15, 0.2) is 5.11 Å². The summed E-state index contributed by atoms with van der Waals surface area (Å²) in [7, 11) is -3.52. The highest BCUT2D eigenvalue weighted by atomic mass is 32.2. The molecular weight excluding hydrogens is 361 g/mol. The van der Waals surface area contributed by atoms with Gasteiger partial charge in [-0.05, 0) is 41.6 Å². The molecule has 0 aromatic heterocycles. The van der Waals surface area contributed by atoms with E-state index in [4.69, 9.17) is 12.2 Å². The minimum Gasteiger partial charge on any atom is -0.358 e. The molecule has 0 amide bonds. The first kappa shape index (κ1) is 18.9. The average molecular weight is 379 g/mol. The Morgan fingerprint density at radius 1 is 1.20 bits per heavy atom. The molecule has 2 aromatic rings.